The first-order valence-electron chi connectivity index (χ1n) is 4.64. The lowest BCUT2D eigenvalue weighted by molar-refractivity contribution is 0.629. The van der Waals surface area contributed by atoms with E-state index in [4.69, 9.17) is 0 Å². The van der Waals surface area contributed by atoms with E-state index in [9.17, 15) is 4.39 Å². The fourth-order valence-electron chi connectivity index (χ4n) is 1.73. The maximum absolute atomic E-state index is 13.0. The Morgan fingerprint density at radius 1 is 1.43 bits per heavy atom. The highest BCUT2D eigenvalue weighted by molar-refractivity contribution is 7.79. The molecule has 0 saturated carbocycles. The molecule has 2 aromatic rings. The highest BCUT2D eigenvalue weighted by atomic mass is 32.1. The number of hydrogen-bond acceptors (Lipinski definition) is 1. The van der Waals surface area contributed by atoms with Gasteiger partial charge in [0.15, 0.2) is 0 Å². The molecular formula is C11H12FNS. The highest BCUT2D eigenvalue weighted by Gasteiger charge is 2.06. The third kappa shape index (κ3) is 1.42. The van der Waals surface area contributed by atoms with Crippen molar-refractivity contribution >= 4 is 23.5 Å². The molecule has 0 atom stereocenters. The van der Waals surface area contributed by atoms with Gasteiger partial charge in [0.05, 0.1) is 0 Å². The van der Waals surface area contributed by atoms with Crippen molar-refractivity contribution in [2.45, 2.75) is 19.2 Å². The summed E-state index contributed by atoms with van der Waals surface area (Å²) in [5.74, 6) is 0.460. The van der Waals surface area contributed by atoms with E-state index < -0.39 is 0 Å². The first-order chi connectivity index (χ1) is 6.76. The molecular weight excluding hydrogens is 197 g/mol. The van der Waals surface area contributed by atoms with Crippen LogP contribution in [0.3, 0.4) is 0 Å². The van der Waals surface area contributed by atoms with Crippen LogP contribution in [-0.2, 0) is 12.3 Å². The predicted octanol–water partition coefficient (Wildman–Crippen LogP) is 3.23. The molecule has 0 fully saturated rings. The minimum atomic E-state index is -0.186. The number of fused-ring (bicyclic) bond motifs is 1. The largest absolute Gasteiger partial charge is 0.347 e. The zero-order valence-corrected chi connectivity index (χ0v) is 8.89. The summed E-state index contributed by atoms with van der Waals surface area (Å²) in [7, 11) is 0. The fourth-order valence-corrected chi connectivity index (χ4v) is 1.98. The minimum Gasteiger partial charge on any atom is -0.347 e. The van der Waals surface area contributed by atoms with Gasteiger partial charge in [-0.05, 0) is 30.7 Å². The molecule has 0 aliphatic heterocycles. The van der Waals surface area contributed by atoms with Gasteiger partial charge in [0, 0.05) is 29.4 Å². The van der Waals surface area contributed by atoms with Crippen LogP contribution in [0.5, 0.6) is 0 Å². The molecule has 1 aromatic carbocycles. The summed E-state index contributed by atoms with van der Waals surface area (Å²) in [6.45, 7) is 2.97. The topological polar surface area (TPSA) is 4.93 Å². The van der Waals surface area contributed by atoms with E-state index in [-0.39, 0.29) is 5.82 Å². The van der Waals surface area contributed by atoms with Gasteiger partial charge in [-0.15, -0.1) is 0 Å². The maximum Gasteiger partial charge on any atom is 0.123 e. The van der Waals surface area contributed by atoms with Crippen molar-refractivity contribution in [3.8, 4) is 0 Å². The van der Waals surface area contributed by atoms with Crippen LogP contribution < -0.4 is 0 Å². The Morgan fingerprint density at radius 2 is 2.21 bits per heavy atom. The number of hydrogen-bond donors (Lipinski definition) is 1. The smallest absolute Gasteiger partial charge is 0.123 e. The van der Waals surface area contributed by atoms with Gasteiger partial charge in [-0.1, -0.05) is 0 Å². The molecule has 74 valence electrons. The zero-order chi connectivity index (χ0) is 10.1. The Hall–Kier alpha value is -0.960. The van der Waals surface area contributed by atoms with Crippen LogP contribution >= 0.6 is 12.6 Å². The molecule has 0 spiro atoms. The third-order valence-electron chi connectivity index (χ3n) is 2.44. The van der Waals surface area contributed by atoms with E-state index in [2.05, 4.69) is 24.1 Å². The van der Waals surface area contributed by atoms with E-state index in [1.807, 2.05) is 12.3 Å². The average molecular weight is 209 g/mol. The first-order valence-corrected chi connectivity index (χ1v) is 5.27. The number of aryl methyl sites for hydroxylation is 1. The lowest BCUT2D eigenvalue weighted by Gasteiger charge is -1.98. The summed E-state index contributed by atoms with van der Waals surface area (Å²) in [4.78, 5) is 0. The van der Waals surface area contributed by atoms with Crippen LogP contribution in [-0.4, -0.2) is 4.57 Å². The van der Waals surface area contributed by atoms with Gasteiger partial charge in [-0.3, -0.25) is 0 Å². The Labute approximate surface area is 87.9 Å². The second-order valence-electron chi connectivity index (χ2n) is 3.26. The van der Waals surface area contributed by atoms with Crippen LogP contribution in [0, 0.1) is 5.82 Å². The molecule has 2 rings (SSSR count). The number of nitrogens with zero attached hydrogens (tertiary/aromatic N) is 1. The molecule has 0 aliphatic rings. The molecule has 1 aromatic heterocycles. The number of rotatable bonds is 2. The van der Waals surface area contributed by atoms with Gasteiger partial charge < -0.3 is 4.57 Å². The molecule has 0 N–H and O–H groups in total. The van der Waals surface area contributed by atoms with E-state index in [0.29, 0.717) is 5.75 Å². The normalized spacial score (nSPS) is 11.1. The Kier molecular flexibility index (Phi) is 2.50. The molecule has 14 heavy (non-hydrogen) atoms. The van der Waals surface area contributed by atoms with E-state index in [1.165, 1.54) is 6.07 Å². The summed E-state index contributed by atoms with van der Waals surface area (Å²) < 4.78 is 15.1. The quantitative estimate of drug-likeness (QED) is 0.725. The molecule has 1 nitrogen and oxygen atoms in total. The monoisotopic (exact) mass is 209 g/mol. The lowest BCUT2D eigenvalue weighted by Crippen LogP contribution is -1.90. The number of aromatic nitrogens is 1. The first kappa shape index (κ1) is 9.59. The summed E-state index contributed by atoms with van der Waals surface area (Å²) in [6.07, 6.45) is 2.04. The highest BCUT2D eigenvalue weighted by Crippen LogP contribution is 2.23. The molecule has 1 heterocycles. The van der Waals surface area contributed by atoms with Gasteiger partial charge in [0.25, 0.3) is 0 Å². The van der Waals surface area contributed by atoms with Crippen molar-refractivity contribution in [1.29, 1.82) is 0 Å². The summed E-state index contributed by atoms with van der Waals surface area (Å²) in [6, 6.07) is 4.89. The zero-order valence-electron chi connectivity index (χ0n) is 8.00. The van der Waals surface area contributed by atoms with Crippen molar-refractivity contribution in [1.82, 2.24) is 4.57 Å². The van der Waals surface area contributed by atoms with Gasteiger partial charge in [-0.2, -0.15) is 12.6 Å². The van der Waals surface area contributed by atoms with Crippen LogP contribution in [0.1, 0.15) is 12.5 Å². The second kappa shape index (κ2) is 3.65. The number of benzene rings is 1. The van der Waals surface area contributed by atoms with Crippen LogP contribution in [0.4, 0.5) is 4.39 Å². The average Bonchev–Trinajstić information content (AvgIpc) is 2.55. The van der Waals surface area contributed by atoms with Gasteiger partial charge in [0.1, 0.15) is 5.82 Å². The number of halogens is 1. The van der Waals surface area contributed by atoms with Gasteiger partial charge >= 0.3 is 0 Å². The standard InChI is InChI=1S/C11H12FNS/c1-2-13-6-8(7-14)10-5-9(12)3-4-11(10)13/h3-6,14H,2,7H2,1H3. The van der Waals surface area contributed by atoms with Gasteiger partial charge in [0.2, 0.25) is 0 Å². The van der Waals surface area contributed by atoms with Crippen LogP contribution in [0.2, 0.25) is 0 Å². The fraction of sp³-hybridized carbons (Fsp3) is 0.273. The third-order valence-corrected chi connectivity index (χ3v) is 2.78. The SMILES string of the molecule is CCn1cc(CS)c2cc(F)ccc21. The predicted molar refractivity (Wildman–Crippen MR) is 60.3 cm³/mol. The summed E-state index contributed by atoms with van der Waals surface area (Å²) in [5, 5.41) is 0.974. The van der Waals surface area contributed by atoms with E-state index in [0.717, 1.165) is 23.0 Å². The van der Waals surface area contributed by atoms with Crippen molar-refractivity contribution in [3.63, 3.8) is 0 Å². The molecule has 0 saturated heterocycles. The van der Waals surface area contributed by atoms with E-state index in [1.54, 1.807) is 6.07 Å². The minimum absolute atomic E-state index is 0.186. The molecule has 0 aliphatic carbocycles. The van der Waals surface area contributed by atoms with Crippen LogP contribution in [0.25, 0.3) is 10.9 Å². The summed E-state index contributed by atoms with van der Waals surface area (Å²) in [5.41, 5.74) is 2.17. The van der Waals surface area contributed by atoms with Crippen molar-refractivity contribution < 1.29 is 4.39 Å². The van der Waals surface area contributed by atoms with Crippen molar-refractivity contribution in [2.24, 2.45) is 0 Å². The Bertz CT molecular complexity index is 462. The lowest BCUT2D eigenvalue weighted by atomic mass is 10.2. The molecule has 0 radical (unpaired) electrons. The second-order valence-corrected chi connectivity index (χ2v) is 3.58. The molecule has 3 heteroatoms. The van der Waals surface area contributed by atoms with Crippen molar-refractivity contribution in [2.75, 3.05) is 0 Å². The maximum atomic E-state index is 13.0. The van der Waals surface area contributed by atoms with E-state index >= 15 is 0 Å². The molecule has 0 amide bonds. The Balaban J connectivity index is 2.75. The molecule has 0 unspecified atom stereocenters. The number of thiol groups is 1. The Morgan fingerprint density at radius 3 is 2.86 bits per heavy atom. The van der Waals surface area contributed by atoms with Crippen molar-refractivity contribution in [3.05, 3.63) is 35.8 Å². The van der Waals surface area contributed by atoms with Crippen LogP contribution in [0.15, 0.2) is 24.4 Å². The van der Waals surface area contributed by atoms with Gasteiger partial charge in [-0.25, -0.2) is 4.39 Å². The summed E-state index contributed by atoms with van der Waals surface area (Å²) >= 11 is 4.24. The molecule has 0 bridgehead atoms.